The fourth-order valence-electron chi connectivity index (χ4n) is 10.7. The Kier molecular flexibility index (Phi) is 6.87. The fourth-order valence-corrected chi connectivity index (χ4v) is 10.7. The van der Waals surface area contributed by atoms with Gasteiger partial charge in [-0.3, -0.25) is 14.4 Å². The smallest absolute Gasteiger partial charge is 0.240 e. The van der Waals surface area contributed by atoms with E-state index in [-0.39, 0.29) is 39.6 Å². The standard InChI is InChI=1S/C35H52N2O4/c1-22-19-29(2,3)14-16-34(22,13-11-26(39)37-9)17-15-31(6)20-23(38)18-25-32(31,7)12-10-24-30(4,5)27(40)35(21-36)28(41-35)33(24,25)8/h18,22,24,28H,10-17,19-20H2,1-9H3,(H,37,39)/t22?,24-,28+,31+,32+,33-,34+,35-/m0/s1. The summed E-state index contributed by atoms with van der Waals surface area (Å²) in [6.07, 6.45) is 10.4. The van der Waals surface area contributed by atoms with Gasteiger partial charge in [-0.15, -0.1) is 0 Å². The molecule has 0 bridgehead atoms. The summed E-state index contributed by atoms with van der Waals surface area (Å²) in [5, 5.41) is 13.0. The van der Waals surface area contributed by atoms with Crippen LogP contribution in [0.25, 0.3) is 0 Å². The summed E-state index contributed by atoms with van der Waals surface area (Å²) in [4.78, 5) is 39.5. The Morgan fingerprint density at radius 1 is 1.05 bits per heavy atom. The number of nitriles is 1. The predicted molar refractivity (Wildman–Crippen MR) is 159 cm³/mol. The lowest BCUT2D eigenvalue weighted by Gasteiger charge is -2.63. The van der Waals surface area contributed by atoms with Gasteiger partial charge in [0.05, 0.1) is 0 Å². The minimum absolute atomic E-state index is 0.0189. The summed E-state index contributed by atoms with van der Waals surface area (Å²) >= 11 is 0. The van der Waals surface area contributed by atoms with E-state index in [0.29, 0.717) is 24.2 Å². The number of carbonyl (C=O) groups excluding carboxylic acids is 3. The van der Waals surface area contributed by atoms with Crippen molar-refractivity contribution in [1.82, 2.24) is 5.32 Å². The number of hydrogen-bond acceptors (Lipinski definition) is 5. The molecular formula is C35H52N2O4. The number of epoxide rings is 1. The molecule has 8 atom stereocenters. The molecule has 1 amide bonds. The number of allylic oxidation sites excluding steroid dienone is 1. The highest BCUT2D eigenvalue weighted by atomic mass is 16.6. The molecule has 6 heteroatoms. The van der Waals surface area contributed by atoms with Crippen LogP contribution in [-0.2, 0) is 19.1 Å². The van der Waals surface area contributed by atoms with Gasteiger partial charge >= 0.3 is 0 Å². The summed E-state index contributed by atoms with van der Waals surface area (Å²) in [7, 11) is 1.72. The number of hydrogen-bond donors (Lipinski definition) is 1. The van der Waals surface area contributed by atoms with Crippen molar-refractivity contribution in [3.8, 4) is 6.07 Å². The van der Waals surface area contributed by atoms with Crippen LogP contribution in [-0.4, -0.2) is 36.2 Å². The van der Waals surface area contributed by atoms with Crippen molar-refractivity contribution in [3.63, 3.8) is 0 Å². The lowest BCUT2D eigenvalue weighted by Crippen LogP contribution is -2.63. The molecule has 0 aromatic heterocycles. The van der Waals surface area contributed by atoms with E-state index >= 15 is 0 Å². The molecule has 5 aliphatic rings. The second-order valence-electron chi connectivity index (χ2n) is 16.7. The molecule has 1 aliphatic heterocycles. The van der Waals surface area contributed by atoms with Crippen LogP contribution >= 0.6 is 0 Å². The molecule has 5 rings (SSSR count). The second kappa shape index (κ2) is 9.25. The summed E-state index contributed by atoms with van der Waals surface area (Å²) in [6, 6.07) is 2.25. The van der Waals surface area contributed by atoms with Crippen LogP contribution in [0.2, 0.25) is 0 Å². The molecule has 1 heterocycles. The van der Waals surface area contributed by atoms with Gasteiger partial charge in [0.25, 0.3) is 0 Å². The number of ether oxygens (including phenoxy) is 1. The SMILES string of the molecule is CNC(=O)CC[C@]1(CC[C@]2(C)CC(=O)C=C3[C@@]4(C)[C@H]5O[C@@]5(C#N)C(=O)C(C)(C)[C@@H]4CC[C@]32C)CCC(C)(C)CC1C. The maximum atomic E-state index is 13.6. The third kappa shape index (κ3) is 4.15. The van der Waals surface area contributed by atoms with E-state index in [2.05, 4.69) is 52.9 Å². The van der Waals surface area contributed by atoms with Crippen molar-refractivity contribution in [2.45, 2.75) is 131 Å². The Morgan fingerprint density at radius 3 is 2.34 bits per heavy atom. The highest BCUT2D eigenvalue weighted by Gasteiger charge is 2.81. The van der Waals surface area contributed by atoms with E-state index in [1.165, 1.54) is 0 Å². The number of rotatable bonds is 6. The van der Waals surface area contributed by atoms with Gasteiger partial charge in [0.15, 0.2) is 11.6 Å². The fraction of sp³-hybridized carbons (Fsp3) is 0.829. The molecule has 1 N–H and O–H groups in total. The quantitative estimate of drug-likeness (QED) is 0.361. The minimum Gasteiger partial charge on any atom is -0.359 e. The molecule has 4 aliphatic carbocycles. The Bertz CT molecular complexity index is 1240. The van der Waals surface area contributed by atoms with Crippen LogP contribution < -0.4 is 5.32 Å². The van der Waals surface area contributed by atoms with Crippen molar-refractivity contribution in [2.75, 3.05) is 7.05 Å². The maximum absolute atomic E-state index is 13.6. The van der Waals surface area contributed by atoms with E-state index in [1.54, 1.807) is 7.05 Å². The lowest BCUT2D eigenvalue weighted by atomic mass is 9.38. The zero-order valence-corrected chi connectivity index (χ0v) is 27.0. The van der Waals surface area contributed by atoms with Crippen molar-refractivity contribution in [2.24, 2.45) is 44.3 Å². The molecule has 6 nitrogen and oxygen atoms in total. The monoisotopic (exact) mass is 564 g/mol. The number of nitrogens with zero attached hydrogens (tertiary/aromatic N) is 1. The highest BCUT2D eigenvalue weighted by molar-refractivity contribution is 6.00. The minimum atomic E-state index is -1.39. The first-order valence-corrected chi connectivity index (χ1v) is 16.0. The first kappa shape index (κ1) is 30.5. The summed E-state index contributed by atoms with van der Waals surface area (Å²) in [6.45, 7) is 17.9. The zero-order chi connectivity index (χ0) is 30.4. The second-order valence-corrected chi connectivity index (χ2v) is 16.7. The third-order valence-corrected chi connectivity index (χ3v) is 13.7. The molecule has 4 fully saturated rings. The molecule has 226 valence electrons. The van der Waals surface area contributed by atoms with Crippen molar-refractivity contribution >= 4 is 17.5 Å². The number of ketones is 2. The predicted octanol–water partition coefficient (Wildman–Crippen LogP) is 6.72. The van der Waals surface area contributed by atoms with Crippen LogP contribution in [0.15, 0.2) is 11.6 Å². The van der Waals surface area contributed by atoms with Gasteiger partial charge in [0.1, 0.15) is 12.2 Å². The number of amides is 1. The average Bonchev–Trinajstić information content (AvgIpc) is 3.65. The number of Topliss-reactive ketones (excluding diaryl/α,β-unsaturated/α-hetero) is 1. The Balaban J connectivity index is 1.49. The molecule has 3 saturated carbocycles. The average molecular weight is 565 g/mol. The van der Waals surface area contributed by atoms with Gasteiger partial charge < -0.3 is 10.1 Å². The number of fused-ring (bicyclic) bond motifs is 5. The van der Waals surface area contributed by atoms with Gasteiger partial charge in [-0.1, -0.05) is 61.0 Å². The van der Waals surface area contributed by atoms with Crippen molar-refractivity contribution in [1.29, 1.82) is 5.26 Å². The zero-order valence-electron chi connectivity index (χ0n) is 27.0. The van der Waals surface area contributed by atoms with E-state index in [9.17, 15) is 19.6 Å². The van der Waals surface area contributed by atoms with Gasteiger partial charge in [-0.05, 0) is 90.9 Å². The lowest BCUT2D eigenvalue weighted by molar-refractivity contribution is -0.144. The molecule has 1 unspecified atom stereocenters. The molecule has 1 saturated heterocycles. The van der Waals surface area contributed by atoms with E-state index in [0.717, 1.165) is 56.9 Å². The molecule has 41 heavy (non-hydrogen) atoms. The number of nitrogens with one attached hydrogen (secondary N) is 1. The van der Waals surface area contributed by atoms with Crippen LogP contribution in [0.4, 0.5) is 0 Å². The van der Waals surface area contributed by atoms with Gasteiger partial charge in [-0.2, -0.15) is 5.26 Å². The maximum Gasteiger partial charge on any atom is 0.240 e. The van der Waals surface area contributed by atoms with E-state index in [1.807, 2.05) is 19.9 Å². The first-order chi connectivity index (χ1) is 18.9. The van der Waals surface area contributed by atoms with Crippen molar-refractivity contribution < 1.29 is 19.1 Å². The van der Waals surface area contributed by atoms with Crippen LogP contribution in [0.1, 0.15) is 120 Å². The summed E-state index contributed by atoms with van der Waals surface area (Å²) in [5.41, 5.74) is -1.65. The van der Waals surface area contributed by atoms with Crippen LogP contribution in [0.5, 0.6) is 0 Å². The van der Waals surface area contributed by atoms with Crippen molar-refractivity contribution in [3.05, 3.63) is 11.6 Å². The largest absolute Gasteiger partial charge is 0.359 e. The Morgan fingerprint density at radius 2 is 1.73 bits per heavy atom. The molecule has 0 aromatic carbocycles. The van der Waals surface area contributed by atoms with Gasteiger partial charge in [0, 0.05) is 30.7 Å². The van der Waals surface area contributed by atoms with Crippen LogP contribution in [0, 0.1) is 55.7 Å². The summed E-state index contributed by atoms with van der Waals surface area (Å²) < 4.78 is 6.10. The van der Waals surface area contributed by atoms with E-state index < -0.39 is 22.5 Å². The number of carbonyl (C=O) groups is 3. The Hall–Kier alpha value is -2.00. The van der Waals surface area contributed by atoms with Gasteiger partial charge in [-0.25, -0.2) is 0 Å². The molecule has 0 aromatic rings. The third-order valence-electron chi connectivity index (χ3n) is 13.7. The molecule has 0 radical (unpaired) electrons. The first-order valence-electron chi connectivity index (χ1n) is 16.0. The highest BCUT2D eigenvalue weighted by Crippen LogP contribution is 2.74. The normalized spacial score (nSPS) is 45.9. The molecule has 0 spiro atoms. The van der Waals surface area contributed by atoms with Gasteiger partial charge in [0.2, 0.25) is 11.5 Å². The Labute approximate surface area is 247 Å². The topological polar surface area (TPSA) is 99.6 Å². The van der Waals surface area contributed by atoms with Crippen LogP contribution in [0.3, 0.4) is 0 Å². The molecular weight excluding hydrogens is 512 g/mol. The summed E-state index contributed by atoms with van der Waals surface area (Å²) in [5.74, 6) is 0.670. The van der Waals surface area contributed by atoms with E-state index in [4.69, 9.17) is 4.74 Å².